The Labute approximate surface area is 141 Å². The second kappa shape index (κ2) is 6.15. The van der Waals surface area contributed by atoms with Gasteiger partial charge in [-0.25, -0.2) is 4.98 Å². The van der Waals surface area contributed by atoms with Crippen molar-refractivity contribution in [2.75, 3.05) is 26.2 Å². The first kappa shape index (κ1) is 15.5. The van der Waals surface area contributed by atoms with Crippen LogP contribution in [-0.4, -0.2) is 58.6 Å². The van der Waals surface area contributed by atoms with Gasteiger partial charge < -0.3 is 9.64 Å². The lowest BCUT2D eigenvalue weighted by Crippen LogP contribution is -2.64. The molecule has 0 unspecified atom stereocenters. The maximum absolute atomic E-state index is 12.3. The third kappa shape index (κ3) is 3.16. The lowest BCUT2D eigenvalue weighted by atomic mass is 9.82. The summed E-state index contributed by atoms with van der Waals surface area (Å²) in [7, 11) is 0. The van der Waals surface area contributed by atoms with Crippen molar-refractivity contribution < 1.29 is 9.53 Å². The molecule has 1 atom stereocenters. The number of amides is 1. The van der Waals surface area contributed by atoms with Crippen LogP contribution in [-0.2, 0) is 16.1 Å². The van der Waals surface area contributed by atoms with Crippen molar-refractivity contribution in [2.24, 2.45) is 5.92 Å². The molecule has 23 heavy (non-hydrogen) atoms. The van der Waals surface area contributed by atoms with Crippen molar-refractivity contribution in [3.05, 3.63) is 16.6 Å². The fourth-order valence-corrected chi connectivity index (χ4v) is 4.58. The number of likely N-dealkylation sites (tertiary alicyclic amines) is 1. The highest BCUT2D eigenvalue weighted by atomic mass is 32.1. The second-order valence-corrected chi connectivity index (χ2v) is 8.20. The van der Waals surface area contributed by atoms with Gasteiger partial charge in [0, 0.05) is 31.2 Å². The Balaban J connectivity index is 1.39. The maximum atomic E-state index is 12.3. The lowest BCUT2D eigenvalue weighted by molar-refractivity contribution is -0.187. The first-order valence-corrected chi connectivity index (χ1v) is 9.58. The molecule has 1 aliphatic carbocycles. The smallest absolute Gasteiger partial charge is 0.248 e. The monoisotopic (exact) mass is 335 g/mol. The molecular formula is C17H25N3O2S. The number of hydrogen-bond acceptors (Lipinski definition) is 5. The van der Waals surface area contributed by atoms with Gasteiger partial charge in [-0.05, 0) is 38.5 Å². The summed E-state index contributed by atoms with van der Waals surface area (Å²) in [5, 5.41) is 3.22. The molecule has 3 aliphatic rings. The predicted octanol–water partition coefficient (Wildman–Crippen LogP) is 2.13. The fourth-order valence-electron chi connectivity index (χ4n) is 3.92. The minimum atomic E-state index is -0.137. The number of morpholine rings is 1. The van der Waals surface area contributed by atoms with Crippen LogP contribution in [0.25, 0.3) is 0 Å². The molecule has 2 aliphatic heterocycles. The second-order valence-electron chi connectivity index (χ2n) is 7.22. The average molecular weight is 335 g/mol. The molecule has 1 amide bonds. The van der Waals surface area contributed by atoms with E-state index in [1.165, 1.54) is 17.8 Å². The fraction of sp³-hybridized carbons (Fsp3) is 0.765. The average Bonchev–Trinajstić information content (AvgIpc) is 3.24. The zero-order valence-electron chi connectivity index (χ0n) is 13.7. The summed E-state index contributed by atoms with van der Waals surface area (Å²) in [5.74, 6) is 0.918. The van der Waals surface area contributed by atoms with E-state index in [0.717, 1.165) is 44.9 Å². The maximum Gasteiger partial charge on any atom is 0.248 e. The molecule has 1 saturated carbocycles. The SMILES string of the molecule is C[C@H]1N(CC2CC2)C(=O)COC12CCN(Cc1nccs1)CC2. The molecule has 5 nitrogen and oxygen atoms in total. The van der Waals surface area contributed by atoms with Crippen LogP contribution < -0.4 is 0 Å². The quantitative estimate of drug-likeness (QED) is 0.846. The van der Waals surface area contributed by atoms with E-state index in [9.17, 15) is 4.79 Å². The van der Waals surface area contributed by atoms with E-state index in [0.29, 0.717) is 0 Å². The van der Waals surface area contributed by atoms with Gasteiger partial charge in [0.15, 0.2) is 0 Å². The van der Waals surface area contributed by atoms with Gasteiger partial charge in [0.2, 0.25) is 5.91 Å². The van der Waals surface area contributed by atoms with Crippen LogP contribution in [0.5, 0.6) is 0 Å². The van der Waals surface area contributed by atoms with Crippen molar-refractivity contribution in [3.8, 4) is 0 Å². The van der Waals surface area contributed by atoms with Crippen molar-refractivity contribution in [1.29, 1.82) is 0 Å². The Hall–Kier alpha value is -0.980. The van der Waals surface area contributed by atoms with Gasteiger partial charge in [-0.2, -0.15) is 0 Å². The molecule has 0 N–H and O–H groups in total. The van der Waals surface area contributed by atoms with Crippen LogP contribution in [0.4, 0.5) is 0 Å². The van der Waals surface area contributed by atoms with Crippen LogP contribution in [0.3, 0.4) is 0 Å². The third-order valence-electron chi connectivity index (χ3n) is 5.73. The van der Waals surface area contributed by atoms with Gasteiger partial charge in [-0.3, -0.25) is 9.69 Å². The standard InChI is InChI=1S/C17H25N3O2S/c1-13-17(22-12-16(21)20(13)10-14-2-3-14)4-7-19(8-5-17)11-15-18-6-9-23-15/h6,9,13-14H,2-5,7-8,10-12H2,1H3/t13-/m1/s1. The van der Waals surface area contributed by atoms with E-state index in [1.54, 1.807) is 11.3 Å². The number of thiazole rings is 1. The van der Waals surface area contributed by atoms with Crippen LogP contribution in [0, 0.1) is 5.92 Å². The van der Waals surface area contributed by atoms with Gasteiger partial charge in [0.05, 0.1) is 18.2 Å². The third-order valence-corrected chi connectivity index (χ3v) is 6.49. The molecule has 0 bridgehead atoms. The molecule has 3 heterocycles. The molecule has 6 heteroatoms. The van der Waals surface area contributed by atoms with Crippen molar-refractivity contribution in [3.63, 3.8) is 0 Å². The number of ether oxygens (including phenoxy) is 1. The summed E-state index contributed by atoms with van der Waals surface area (Å²) >= 11 is 1.72. The topological polar surface area (TPSA) is 45.7 Å². The summed E-state index contributed by atoms with van der Waals surface area (Å²) < 4.78 is 6.12. The Morgan fingerprint density at radius 2 is 2.17 bits per heavy atom. The molecule has 0 aromatic carbocycles. The van der Waals surface area contributed by atoms with Crippen molar-refractivity contribution in [2.45, 2.75) is 50.8 Å². The highest BCUT2D eigenvalue weighted by Crippen LogP contribution is 2.38. The summed E-state index contributed by atoms with van der Waals surface area (Å²) in [6, 6.07) is 0.200. The van der Waals surface area contributed by atoms with Crippen LogP contribution in [0.1, 0.15) is 37.6 Å². The summed E-state index contributed by atoms with van der Waals surface area (Å²) in [6.45, 7) is 6.38. The number of hydrogen-bond donors (Lipinski definition) is 0. The molecule has 0 radical (unpaired) electrons. The van der Waals surface area contributed by atoms with E-state index in [4.69, 9.17) is 4.74 Å². The van der Waals surface area contributed by atoms with Crippen LogP contribution in [0.2, 0.25) is 0 Å². The molecule has 4 rings (SSSR count). The molecule has 1 aromatic rings. The number of rotatable bonds is 4. The number of carbonyl (C=O) groups excluding carboxylic acids is 1. The van der Waals surface area contributed by atoms with Crippen molar-refractivity contribution >= 4 is 17.2 Å². The Morgan fingerprint density at radius 1 is 1.39 bits per heavy atom. The zero-order valence-corrected chi connectivity index (χ0v) is 14.6. The molecule has 126 valence electrons. The molecular weight excluding hydrogens is 310 g/mol. The molecule has 3 fully saturated rings. The van der Waals surface area contributed by atoms with Gasteiger partial charge in [0.1, 0.15) is 11.6 Å². The van der Waals surface area contributed by atoms with Crippen molar-refractivity contribution in [1.82, 2.24) is 14.8 Å². The minimum absolute atomic E-state index is 0.137. The highest BCUT2D eigenvalue weighted by Gasteiger charge is 2.48. The Kier molecular flexibility index (Phi) is 4.15. The first-order chi connectivity index (χ1) is 11.2. The largest absolute Gasteiger partial charge is 0.363 e. The summed E-state index contributed by atoms with van der Waals surface area (Å²) in [6.07, 6.45) is 6.46. The normalized spacial score (nSPS) is 28.5. The molecule has 2 saturated heterocycles. The van der Waals surface area contributed by atoms with Gasteiger partial charge in [-0.15, -0.1) is 11.3 Å². The van der Waals surface area contributed by atoms with E-state index in [1.807, 2.05) is 11.6 Å². The Bertz CT molecular complexity index is 550. The molecule has 1 aromatic heterocycles. The lowest BCUT2D eigenvalue weighted by Gasteiger charge is -2.51. The summed E-state index contributed by atoms with van der Waals surface area (Å²) in [5.41, 5.74) is -0.137. The van der Waals surface area contributed by atoms with E-state index >= 15 is 0 Å². The Morgan fingerprint density at radius 3 is 2.83 bits per heavy atom. The van der Waals surface area contributed by atoms with E-state index in [-0.39, 0.29) is 24.2 Å². The number of carbonyl (C=O) groups is 1. The van der Waals surface area contributed by atoms with Crippen LogP contribution in [0.15, 0.2) is 11.6 Å². The van der Waals surface area contributed by atoms with Gasteiger partial charge in [-0.1, -0.05) is 0 Å². The van der Waals surface area contributed by atoms with Crippen LogP contribution >= 0.6 is 11.3 Å². The predicted molar refractivity (Wildman–Crippen MR) is 89.2 cm³/mol. The first-order valence-electron chi connectivity index (χ1n) is 8.70. The van der Waals surface area contributed by atoms with E-state index < -0.39 is 0 Å². The summed E-state index contributed by atoms with van der Waals surface area (Å²) in [4.78, 5) is 21.2. The number of aromatic nitrogens is 1. The van der Waals surface area contributed by atoms with Gasteiger partial charge >= 0.3 is 0 Å². The number of piperidine rings is 1. The highest BCUT2D eigenvalue weighted by molar-refractivity contribution is 7.09. The van der Waals surface area contributed by atoms with Gasteiger partial charge in [0.25, 0.3) is 0 Å². The number of nitrogens with zero attached hydrogens (tertiary/aromatic N) is 3. The van der Waals surface area contributed by atoms with E-state index in [2.05, 4.69) is 21.7 Å². The minimum Gasteiger partial charge on any atom is -0.363 e. The molecule has 1 spiro atoms. The zero-order chi connectivity index (χ0) is 15.9.